The molecule has 1 aliphatic rings. The van der Waals surface area contributed by atoms with E-state index in [2.05, 4.69) is 21.7 Å². The van der Waals surface area contributed by atoms with Crippen molar-refractivity contribution in [1.82, 2.24) is 10.3 Å². The first kappa shape index (κ1) is 17.2. The number of carbonyl (C=O) groups excluding carboxylic acids is 2. The molecule has 4 rings (SSSR count). The lowest BCUT2D eigenvalue weighted by molar-refractivity contribution is -0.116. The lowest BCUT2D eigenvalue weighted by atomic mass is 9.97. The summed E-state index contributed by atoms with van der Waals surface area (Å²) in [5, 5.41) is 6.90. The minimum atomic E-state index is -0.147. The molecule has 0 saturated carbocycles. The van der Waals surface area contributed by atoms with E-state index >= 15 is 0 Å². The van der Waals surface area contributed by atoms with Gasteiger partial charge in [-0.25, -0.2) is 0 Å². The van der Waals surface area contributed by atoms with E-state index in [1.54, 1.807) is 0 Å². The molecule has 3 aromatic rings. The number of carbonyl (C=O) groups is 2. The Hall–Kier alpha value is -3.21. The number of rotatable bonds is 3. The maximum Gasteiger partial charge on any atom is 0.253 e. The van der Waals surface area contributed by atoms with Crippen LogP contribution in [-0.4, -0.2) is 16.8 Å². The van der Waals surface area contributed by atoms with E-state index < -0.39 is 0 Å². The molecule has 0 bridgehead atoms. The van der Waals surface area contributed by atoms with Gasteiger partial charge in [0.25, 0.3) is 5.91 Å². The fourth-order valence-corrected chi connectivity index (χ4v) is 3.47. The average Bonchev–Trinajstić information content (AvgIpc) is 2.66. The third kappa shape index (κ3) is 3.40. The lowest BCUT2D eigenvalue weighted by Gasteiger charge is -2.20. The number of amides is 2. The Morgan fingerprint density at radius 1 is 1.15 bits per heavy atom. The highest BCUT2D eigenvalue weighted by atomic mass is 16.2. The number of pyridine rings is 1. The van der Waals surface area contributed by atoms with Crippen LogP contribution in [-0.2, 0) is 11.2 Å². The number of aromatic nitrogens is 1. The number of para-hydroxylation sites is 1. The van der Waals surface area contributed by atoms with E-state index in [1.165, 1.54) is 0 Å². The number of hydrogen-bond acceptors (Lipinski definition) is 3. The molecule has 0 radical (unpaired) electrons. The van der Waals surface area contributed by atoms with Crippen molar-refractivity contribution >= 4 is 28.4 Å². The van der Waals surface area contributed by atoms with Crippen LogP contribution in [0.1, 0.15) is 46.6 Å². The third-order valence-corrected chi connectivity index (χ3v) is 5.03. The summed E-state index contributed by atoms with van der Waals surface area (Å²) in [4.78, 5) is 28.9. The van der Waals surface area contributed by atoms with Crippen LogP contribution in [0.2, 0.25) is 0 Å². The van der Waals surface area contributed by atoms with Gasteiger partial charge in [-0.2, -0.15) is 0 Å². The quantitative estimate of drug-likeness (QED) is 0.745. The Labute approximate surface area is 157 Å². The van der Waals surface area contributed by atoms with Gasteiger partial charge in [0.05, 0.1) is 22.8 Å². The number of aryl methyl sites for hydroxylation is 2. The van der Waals surface area contributed by atoms with E-state index in [1.807, 2.05) is 56.3 Å². The predicted molar refractivity (Wildman–Crippen MR) is 106 cm³/mol. The first-order valence-electron chi connectivity index (χ1n) is 9.11. The molecule has 0 fully saturated rings. The highest BCUT2D eigenvalue weighted by molar-refractivity contribution is 5.99. The van der Waals surface area contributed by atoms with Crippen LogP contribution in [0.3, 0.4) is 0 Å². The van der Waals surface area contributed by atoms with Crippen LogP contribution in [0.25, 0.3) is 10.9 Å². The Bertz CT molecular complexity index is 1060. The van der Waals surface area contributed by atoms with Crippen LogP contribution in [0.15, 0.2) is 48.5 Å². The number of hydrogen-bond donors (Lipinski definition) is 2. The van der Waals surface area contributed by atoms with Crippen LogP contribution < -0.4 is 10.6 Å². The molecule has 2 heterocycles. The summed E-state index contributed by atoms with van der Waals surface area (Å²) in [6, 6.07) is 15.4. The van der Waals surface area contributed by atoms with Crippen LogP contribution in [0.4, 0.5) is 5.69 Å². The van der Waals surface area contributed by atoms with Crippen LogP contribution >= 0.6 is 0 Å². The van der Waals surface area contributed by atoms with Gasteiger partial charge in [-0.1, -0.05) is 30.3 Å². The zero-order chi connectivity index (χ0) is 19.0. The molecule has 2 aromatic carbocycles. The van der Waals surface area contributed by atoms with Gasteiger partial charge in [0, 0.05) is 17.5 Å². The minimum absolute atomic E-state index is 0.0517. The second-order valence-corrected chi connectivity index (χ2v) is 6.97. The topological polar surface area (TPSA) is 71.1 Å². The predicted octanol–water partition coefficient (Wildman–Crippen LogP) is 3.92. The molecule has 27 heavy (non-hydrogen) atoms. The van der Waals surface area contributed by atoms with Gasteiger partial charge in [0.15, 0.2) is 0 Å². The van der Waals surface area contributed by atoms with Crippen molar-refractivity contribution in [2.24, 2.45) is 0 Å². The van der Waals surface area contributed by atoms with E-state index in [4.69, 9.17) is 0 Å². The van der Waals surface area contributed by atoms with Gasteiger partial charge in [0.1, 0.15) is 0 Å². The SMILES string of the molecule is Cc1nc2ccccc2cc1C(=O)NC(C)c1ccc2c(c1)CCC(=O)N2. The second kappa shape index (κ2) is 6.83. The van der Waals surface area contributed by atoms with Crippen molar-refractivity contribution in [3.05, 3.63) is 70.9 Å². The van der Waals surface area contributed by atoms with Gasteiger partial charge in [-0.05, 0) is 49.6 Å². The fourth-order valence-electron chi connectivity index (χ4n) is 3.47. The van der Waals surface area contributed by atoms with Gasteiger partial charge >= 0.3 is 0 Å². The summed E-state index contributed by atoms with van der Waals surface area (Å²) in [5.41, 5.74) is 5.18. The highest BCUT2D eigenvalue weighted by Crippen LogP contribution is 2.26. The van der Waals surface area contributed by atoms with E-state index in [-0.39, 0.29) is 17.9 Å². The smallest absolute Gasteiger partial charge is 0.253 e. The minimum Gasteiger partial charge on any atom is -0.345 e. The molecule has 136 valence electrons. The van der Waals surface area contributed by atoms with Gasteiger partial charge in [-0.15, -0.1) is 0 Å². The van der Waals surface area contributed by atoms with Crippen molar-refractivity contribution in [2.45, 2.75) is 32.7 Å². The summed E-state index contributed by atoms with van der Waals surface area (Å²) in [6.45, 7) is 3.82. The molecule has 1 aromatic heterocycles. The molecule has 2 amide bonds. The van der Waals surface area contributed by atoms with Crippen LogP contribution in [0.5, 0.6) is 0 Å². The Morgan fingerprint density at radius 2 is 1.96 bits per heavy atom. The Morgan fingerprint density at radius 3 is 2.81 bits per heavy atom. The first-order valence-corrected chi connectivity index (χ1v) is 9.11. The lowest BCUT2D eigenvalue weighted by Crippen LogP contribution is -2.28. The van der Waals surface area contributed by atoms with E-state index in [9.17, 15) is 9.59 Å². The zero-order valence-corrected chi connectivity index (χ0v) is 15.4. The molecule has 1 aliphatic heterocycles. The molecule has 0 aliphatic carbocycles. The monoisotopic (exact) mass is 359 g/mol. The van der Waals surface area contributed by atoms with Crippen molar-refractivity contribution in [3.63, 3.8) is 0 Å². The van der Waals surface area contributed by atoms with Gasteiger partial charge in [0.2, 0.25) is 5.91 Å². The fraction of sp³-hybridized carbons (Fsp3) is 0.227. The second-order valence-electron chi connectivity index (χ2n) is 6.97. The van der Waals surface area contributed by atoms with Crippen molar-refractivity contribution < 1.29 is 9.59 Å². The standard InChI is InChI=1S/C22H21N3O2/c1-13(15-7-9-20-17(11-15)8-10-21(26)25-20)24-22(27)18-12-16-5-3-4-6-19(16)23-14(18)2/h3-7,9,11-13H,8,10H2,1-2H3,(H,24,27)(H,25,26). The van der Waals surface area contributed by atoms with Crippen molar-refractivity contribution in [1.29, 1.82) is 0 Å². The number of nitrogens with one attached hydrogen (secondary N) is 2. The summed E-state index contributed by atoms with van der Waals surface area (Å²) in [5.74, 6) is -0.0832. The molecule has 1 atom stereocenters. The largest absolute Gasteiger partial charge is 0.345 e. The van der Waals surface area contributed by atoms with Crippen molar-refractivity contribution in [2.75, 3.05) is 5.32 Å². The van der Waals surface area contributed by atoms with Crippen LogP contribution in [0, 0.1) is 6.92 Å². The molecule has 5 nitrogen and oxygen atoms in total. The summed E-state index contributed by atoms with van der Waals surface area (Å²) >= 11 is 0. The Kier molecular flexibility index (Phi) is 4.36. The third-order valence-electron chi connectivity index (χ3n) is 5.03. The normalized spacial score (nSPS) is 14.4. The van der Waals surface area contributed by atoms with E-state index in [0.717, 1.165) is 34.1 Å². The first-order chi connectivity index (χ1) is 13.0. The summed E-state index contributed by atoms with van der Waals surface area (Å²) in [7, 11) is 0. The summed E-state index contributed by atoms with van der Waals surface area (Å²) < 4.78 is 0. The number of fused-ring (bicyclic) bond motifs is 2. The van der Waals surface area contributed by atoms with Crippen molar-refractivity contribution in [3.8, 4) is 0 Å². The number of nitrogens with zero attached hydrogens (tertiary/aromatic N) is 1. The molecular weight excluding hydrogens is 338 g/mol. The highest BCUT2D eigenvalue weighted by Gasteiger charge is 2.18. The Balaban J connectivity index is 1.56. The maximum atomic E-state index is 12.8. The summed E-state index contributed by atoms with van der Waals surface area (Å²) in [6.07, 6.45) is 1.22. The molecule has 5 heteroatoms. The molecule has 0 saturated heterocycles. The molecule has 0 spiro atoms. The molecule has 1 unspecified atom stereocenters. The molecule has 2 N–H and O–H groups in total. The van der Waals surface area contributed by atoms with Gasteiger partial charge < -0.3 is 10.6 Å². The van der Waals surface area contributed by atoms with E-state index in [0.29, 0.717) is 17.7 Å². The average molecular weight is 359 g/mol. The maximum absolute atomic E-state index is 12.8. The number of anilines is 1. The molecular formula is C22H21N3O2. The van der Waals surface area contributed by atoms with Gasteiger partial charge in [-0.3, -0.25) is 14.6 Å². The number of benzene rings is 2. The zero-order valence-electron chi connectivity index (χ0n) is 15.4.